The number of likely N-dealkylation sites (tertiary alicyclic amines) is 1. The van der Waals surface area contributed by atoms with Gasteiger partial charge in [-0.05, 0) is 54.7 Å². The first-order valence-electron chi connectivity index (χ1n) is 12.9. The van der Waals surface area contributed by atoms with Crippen molar-refractivity contribution in [3.05, 3.63) is 30.0 Å². The first-order chi connectivity index (χ1) is 17.5. The number of amides is 2. The minimum Gasteiger partial charge on any atom is -0.496 e. The summed E-state index contributed by atoms with van der Waals surface area (Å²) in [5, 5.41) is 3.55. The molecule has 2 amide bonds. The van der Waals surface area contributed by atoms with E-state index >= 15 is 0 Å². The highest BCUT2D eigenvalue weighted by molar-refractivity contribution is 6.38. The van der Waals surface area contributed by atoms with Gasteiger partial charge in [-0.15, -0.1) is 0 Å². The number of rotatable bonds is 8. The lowest BCUT2D eigenvalue weighted by atomic mass is 9.93. The van der Waals surface area contributed by atoms with Gasteiger partial charge >= 0.3 is 0 Å². The van der Waals surface area contributed by atoms with Gasteiger partial charge in [-0.1, -0.05) is 19.9 Å². The lowest BCUT2D eigenvalue weighted by Crippen LogP contribution is -2.54. The van der Waals surface area contributed by atoms with E-state index in [-0.39, 0.29) is 41.3 Å². The molecule has 2 aromatic rings. The molecule has 5 rings (SSSR count). The number of benzene rings is 1. The number of aromatic amines is 1. The van der Waals surface area contributed by atoms with Crippen LogP contribution in [0.4, 0.5) is 0 Å². The van der Waals surface area contributed by atoms with Crippen LogP contribution in [0.3, 0.4) is 0 Å². The van der Waals surface area contributed by atoms with Crippen LogP contribution < -0.4 is 10.1 Å². The number of ketones is 3. The van der Waals surface area contributed by atoms with Gasteiger partial charge in [0.2, 0.25) is 11.7 Å². The number of hydrogen-bond donors (Lipinski definition) is 2. The second-order valence-electron chi connectivity index (χ2n) is 11.2. The second kappa shape index (κ2) is 9.11. The molecule has 1 aromatic carbocycles. The van der Waals surface area contributed by atoms with Gasteiger partial charge in [0.1, 0.15) is 23.3 Å². The quantitative estimate of drug-likeness (QED) is 0.529. The van der Waals surface area contributed by atoms with Crippen LogP contribution in [0.5, 0.6) is 5.75 Å². The van der Waals surface area contributed by atoms with Gasteiger partial charge in [-0.2, -0.15) is 0 Å². The molecule has 0 bridgehead atoms. The van der Waals surface area contributed by atoms with Gasteiger partial charge in [0.25, 0.3) is 5.91 Å². The monoisotopic (exact) mass is 507 g/mol. The molecule has 5 unspecified atom stereocenters. The van der Waals surface area contributed by atoms with Crippen LogP contribution in [0.15, 0.2) is 24.3 Å². The van der Waals surface area contributed by atoms with E-state index in [0.29, 0.717) is 30.8 Å². The molecule has 1 saturated heterocycles. The third-order valence-corrected chi connectivity index (χ3v) is 8.74. The van der Waals surface area contributed by atoms with E-state index in [1.54, 1.807) is 18.1 Å². The van der Waals surface area contributed by atoms with E-state index in [9.17, 15) is 24.0 Å². The number of nitrogens with zero attached hydrogens (tertiary/aromatic N) is 1. The van der Waals surface area contributed by atoms with E-state index in [1.807, 2.05) is 18.2 Å². The lowest BCUT2D eigenvalue weighted by Gasteiger charge is -2.31. The molecule has 1 aromatic heterocycles. The Labute approximate surface area is 215 Å². The SMILES string of the molecule is COc1cccc2[nH]c(C(=O)N3CC4C(C3C(=O)NC(CC3CCCC3=O)C(=O)C(C)=O)C4(C)C)cc12. The Morgan fingerprint density at radius 3 is 2.65 bits per heavy atom. The topological polar surface area (TPSA) is 126 Å². The Bertz CT molecular complexity index is 1310. The fourth-order valence-electron chi connectivity index (χ4n) is 6.53. The number of nitrogens with one attached hydrogen (secondary N) is 2. The van der Waals surface area contributed by atoms with E-state index in [1.165, 1.54) is 6.92 Å². The summed E-state index contributed by atoms with van der Waals surface area (Å²) >= 11 is 0. The van der Waals surface area contributed by atoms with Crippen LogP contribution in [-0.2, 0) is 19.2 Å². The molecule has 9 heteroatoms. The Hall–Kier alpha value is -3.49. The van der Waals surface area contributed by atoms with Gasteiger partial charge in [0, 0.05) is 36.7 Å². The maximum absolute atomic E-state index is 13.7. The summed E-state index contributed by atoms with van der Waals surface area (Å²) in [7, 11) is 1.57. The van der Waals surface area contributed by atoms with E-state index < -0.39 is 29.6 Å². The summed E-state index contributed by atoms with van der Waals surface area (Å²) < 4.78 is 5.41. The van der Waals surface area contributed by atoms with Crippen LogP contribution in [0.25, 0.3) is 10.9 Å². The lowest BCUT2D eigenvalue weighted by molar-refractivity contribution is -0.139. The molecule has 37 heavy (non-hydrogen) atoms. The number of Topliss-reactive ketones (excluding diaryl/α,β-unsaturated/α-hetero) is 3. The molecule has 2 aliphatic carbocycles. The highest BCUT2D eigenvalue weighted by Gasteiger charge is 2.69. The number of hydrogen-bond acceptors (Lipinski definition) is 6. The van der Waals surface area contributed by atoms with Crippen molar-refractivity contribution in [1.29, 1.82) is 0 Å². The molecule has 9 nitrogen and oxygen atoms in total. The van der Waals surface area contributed by atoms with Crippen LogP contribution in [0, 0.1) is 23.2 Å². The summed E-state index contributed by atoms with van der Waals surface area (Å²) in [6.45, 7) is 5.75. The first kappa shape index (κ1) is 25.2. The smallest absolute Gasteiger partial charge is 0.271 e. The number of H-pyrrole nitrogens is 1. The number of piperidine rings is 1. The summed E-state index contributed by atoms with van der Waals surface area (Å²) in [6.07, 6.45) is 1.96. The standard InChI is InChI=1S/C28H33N3O6/c1-14(32)25(34)19(11-15-7-5-9-21(15)33)30-26(35)24-23-17(28(23,2)3)13-31(24)27(36)20-12-16-18(29-20)8-6-10-22(16)37-4/h6,8,10,12,15,17,19,23-24,29H,5,7,9,11,13H2,1-4H3,(H,30,35). The number of fused-ring (bicyclic) bond motifs is 2. The zero-order valence-electron chi connectivity index (χ0n) is 21.6. The molecule has 2 N–H and O–H groups in total. The van der Waals surface area contributed by atoms with Crippen molar-refractivity contribution >= 4 is 40.1 Å². The number of carbonyl (C=O) groups excluding carboxylic acids is 5. The Morgan fingerprint density at radius 2 is 2.00 bits per heavy atom. The minimum absolute atomic E-state index is 0.0587. The molecule has 2 heterocycles. The van der Waals surface area contributed by atoms with Crippen LogP contribution in [0.2, 0.25) is 0 Å². The third-order valence-electron chi connectivity index (χ3n) is 8.74. The fourth-order valence-corrected chi connectivity index (χ4v) is 6.53. The zero-order valence-corrected chi connectivity index (χ0v) is 21.6. The van der Waals surface area contributed by atoms with Crippen molar-refractivity contribution in [1.82, 2.24) is 15.2 Å². The van der Waals surface area contributed by atoms with Gasteiger partial charge in [-0.25, -0.2) is 0 Å². The second-order valence-corrected chi connectivity index (χ2v) is 11.2. The number of ether oxygens (including phenoxy) is 1. The van der Waals surface area contributed by atoms with Gasteiger partial charge in [0.15, 0.2) is 5.78 Å². The van der Waals surface area contributed by atoms with E-state index in [4.69, 9.17) is 4.74 Å². The molecule has 2 saturated carbocycles. The zero-order chi connectivity index (χ0) is 26.6. The molecule has 1 aliphatic heterocycles. The highest BCUT2D eigenvalue weighted by Crippen LogP contribution is 2.65. The van der Waals surface area contributed by atoms with Crippen LogP contribution in [0.1, 0.15) is 56.9 Å². The number of aromatic nitrogens is 1. The van der Waals surface area contributed by atoms with Crippen molar-refractivity contribution in [3.8, 4) is 5.75 Å². The Morgan fingerprint density at radius 1 is 1.24 bits per heavy atom. The Kier molecular flexibility index (Phi) is 6.20. The molecule has 0 spiro atoms. The van der Waals surface area contributed by atoms with Crippen molar-refractivity contribution in [3.63, 3.8) is 0 Å². The Balaban J connectivity index is 1.41. The summed E-state index contributed by atoms with van der Waals surface area (Å²) in [5.74, 6) is -1.68. The normalized spacial score (nSPS) is 26.6. The van der Waals surface area contributed by atoms with Gasteiger partial charge in [-0.3, -0.25) is 24.0 Å². The summed E-state index contributed by atoms with van der Waals surface area (Å²) in [4.78, 5) is 69.0. The third kappa shape index (κ3) is 4.24. The van der Waals surface area contributed by atoms with Crippen molar-refractivity contribution < 1.29 is 28.7 Å². The number of methoxy groups -OCH3 is 1. The summed E-state index contributed by atoms with van der Waals surface area (Å²) in [6, 6.07) is 5.38. The molecular formula is C28H33N3O6. The van der Waals surface area contributed by atoms with Gasteiger partial charge in [0.05, 0.1) is 13.2 Å². The minimum atomic E-state index is -1.08. The maximum atomic E-state index is 13.7. The molecule has 3 fully saturated rings. The highest BCUT2D eigenvalue weighted by atomic mass is 16.5. The predicted octanol–water partition coefficient (Wildman–Crippen LogP) is 2.68. The first-order valence-corrected chi connectivity index (χ1v) is 12.9. The van der Waals surface area contributed by atoms with E-state index in [2.05, 4.69) is 24.1 Å². The van der Waals surface area contributed by atoms with Crippen LogP contribution in [-0.4, -0.2) is 64.8 Å². The maximum Gasteiger partial charge on any atom is 0.271 e. The molecule has 196 valence electrons. The molecule has 5 atom stereocenters. The average molecular weight is 508 g/mol. The molecule has 3 aliphatic rings. The fraction of sp³-hybridized carbons (Fsp3) is 0.536. The summed E-state index contributed by atoms with van der Waals surface area (Å²) in [5.41, 5.74) is 0.982. The largest absolute Gasteiger partial charge is 0.496 e. The van der Waals surface area contributed by atoms with Crippen molar-refractivity contribution in [2.24, 2.45) is 23.2 Å². The average Bonchev–Trinajstić information content (AvgIpc) is 3.38. The van der Waals surface area contributed by atoms with E-state index in [0.717, 1.165) is 17.3 Å². The molecular weight excluding hydrogens is 474 g/mol. The predicted molar refractivity (Wildman–Crippen MR) is 135 cm³/mol. The van der Waals surface area contributed by atoms with Crippen molar-refractivity contribution in [2.45, 2.75) is 58.5 Å². The molecule has 0 radical (unpaired) electrons. The van der Waals surface area contributed by atoms with Gasteiger partial charge < -0.3 is 19.9 Å². The van der Waals surface area contributed by atoms with Crippen LogP contribution >= 0.6 is 0 Å². The van der Waals surface area contributed by atoms with Crippen molar-refractivity contribution in [2.75, 3.05) is 13.7 Å². The number of carbonyl (C=O) groups is 5.